The number of allylic oxidation sites excluding steroid dienone is 1. The van der Waals surface area contributed by atoms with E-state index in [4.69, 9.17) is 14.5 Å². The Morgan fingerprint density at radius 3 is 2.70 bits per heavy atom. The highest BCUT2D eigenvalue weighted by Crippen LogP contribution is 2.45. The van der Waals surface area contributed by atoms with Gasteiger partial charge in [-0.15, -0.1) is 0 Å². The van der Waals surface area contributed by atoms with Crippen LogP contribution in [-0.4, -0.2) is 48.3 Å². The van der Waals surface area contributed by atoms with Crippen molar-refractivity contribution in [3.8, 4) is 0 Å². The number of carbonyl (C=O) groups is 2. The summed E-state index contributed by atoms with van der Waals surface area (Å²) in [7, 11) is 1.57. The first kappa shape index (κ1) is 25.1. The number of benzene rings is 1. The Kier molecular flexibility index (Phi) is 8.37. The van der Waals surface area contributed by atoms with E-state index >= 15 is 0 Å². The van der Waals surface area contributed by atoms with E-state index in [9.17, 15) is 9.59 Å². The number of nitrogens with zero attached hydrogens (tertiary/aromatic N) is 2. The Hall–Kier alpha value is -2.58. The second-order valence-electron chi connectivity index (χ2n) is 8.44. The van der Waals surface area contributed by atoms with Crippen molar-refractivity contribution < 1.29 is 19.1 Å². The SMILES string of the molecule is CC[C@H](C)NC(=O)CC1=CSC2=NC(C)=C(C(=O)OCCOC)[C@@H](c3cc(C)ccc3C)N12. The quantitative estimate of drug-likeness (QED) is 0.425. The average Bonchev–Trinajstić information content (AvgIpc) is 3.16. The van der Waals surface area contributed by atoms with Gasteiger partial charge in [0, 0.05) is 18.8 Å². The zero-order chi connectivity index (χ0) is 24.1. The lowest BCUT2D eigenvalue weighted by atomic mass is 9.90. The van der Waals surface area contributed by atoms with Gasteiger partial charge in [-0.3, -0.25) is 4.79 Å². The van der Waals surface area contributed by atoms with E-state index in [2.05, 4.69) is 23.5 Å². The molecule has 8 heteroatoms. The third kappa shape index (κ3) is 5.68. The van der Waals surface area contributed by atoms with Crippen molar-refractivity contribution in [2.24, 2.45) is 4.99 Å². The van der Waals surface area contributed by atoms with Gasteiger partial charge in [0.2, 0.25) is 5.91 Å². The first-order valence-electron chi connectivity index (χ1n) is 11.2. The molecule has 2 heterocycles. The van der Waals surface area contributed by atoms with Crippen molar-refractivity contribution in [1.82, 2.24) is 10.2 Å². The number of carbonyl (C=O) groups excluding carboxylic acids is 2. The molecule has 3 rings (SSSR count). The highest BCUT2D eigenvalue weighted by molar-refractivity contribution is 8.16. The van der Waals surface area contributed by atoms with E-state index in [1.807, 2.05) is 44.9 Å². The van der Waals surface area contributed by atoms with Crippen molar-refractivity contribution in [3.63, 3.8) is 0 Å². The average molecular weight is 472 g/mol. The van der Waals surface area contributed by atoms with Gasteiger partial charge >= 0.3 is 5.97 Å². The van der Waals surface area contributed by atoms with Crippen LogP contribution in [-0.2, 0) is 19.1 Å². The van der Waals surface area contributed by atoms with Gasteiger partial charge < -0.3 is 19.7 Å². The maximum absolute atomic E-state index is 13.2. The summed E-state index contributed by atoms with van der Waals surface area (Å²) in [6.45, 7) is 10.4. The maximum Gasteiger partial charge on any atom is 0.338 e. The molecule has 0 saturated carbocycles. The molecule has 0 spiro atoms. The van der Waals surface area contributed by atoms with Crippen LogP contribution in [0.3, 0.4) is 0 Å². The molecule has 0 aliphatic carbocycles. The molecular weight excluding hydrogens is 438 g/mol. The Labute approximate surface area is 200 Å². The van der Waals surface area contributed by atoms with Crippen molar-refractivity contribution in [2.45, 2.75) is 59.5 Å². The summed E-state index contributed by atoms with van der Waals surface area (Å²) in [6.07, 6.45) is 1.07. The minimum atomic E-state index is -0.426. The zero-order valence-electron chi connectivity index (χ0n) is 20.2. The number of esters is 1. The lowest BCUT2D eigenvalue weighted by molar-refractivity contribution is -0.141. The largest absolute Gasteiger partial charge is 0.460 e. The molecule has 2 aliphatic rings. The van der Waals surface area contributed by atoms with Crippen LogP contribution in [0.25, 0.3) is 0 Å². The smallest absolute Gasteiger partial charge is 0.338 e. The Bertz CT molecular complexity index is 1010. The summed E-state index contributed by atoms with van der Waals surface area (Å²) in [4.78, 5) is 32.7. The van der Waals surface area contributed by atoms with Gasteiger partial charge in [0.05, 0.1) is 30.3 Å². The van der Waals surface area contributed by atoms with Crippen LogP contribution in [0.15, 0.2) is 45.6 Å². The molecule has 0 bridgehead atoms. The van der Waals surface area contributed by atoms with E-state index in [0.29, 0.717) is 17.9 Å². The maximum atomic E-state index is 13.2. The van der Waals surface area contributed by atoms with Gasteiger partial charge in [0.15, 0.2) is 5.17 Å². The predicted molar refractivity (Wildman–Crippen MR) is 132 cm³/mol. The van der Waals surface area contributed by atoms with Gasteiger partial charge in [-0.05, 0) is 50.7 Å². The molecule has 0 unspecified atom stereocenters. The number of amidine groups is 1. The lowest BCUT2D eigenvalue weighted by Crippen LogP contribution is -2.39. The number of amides is 1. The number of thioether (sulfide) groups is 1. The van der Waals surface area contributed by atoms with Crippen molar-refractivity contribution in [1.29, 1.82) is 0 Å². The molecule has 2 aliphatic heterocycles. The third-order valence-corrected chi connectivity index (χ3v) is 6.72. The summed E-state index contributed by atoms with van der Waals surface area (Å²) < 4.78 is 10.6. The number of hydrogen-bond acceptors (Lipinski definition) is 7. The fourth-order valence-electron chi connectivity index (χ4n) is 3.87. The number of aliphatic imine (C=N–C) groups is 1. The van der Waals surface area contributed by atoms with E-state index < -0.39 is 12.0 Å². The molecule has 0 aromatic heterocycles. The van der Waals surface area contributed by atoms with Gasteiger partial charge in [-0.2, -0.15) is 0 Å². The Morgan fingerprint density at radius 2 is 2.00 bits per heavy atom. The molecule has 1 aromatic carbocycles. The number of hydrogen-bond donors (Lipinski definition) is 1. The van der Waals surface area contributed by atoms with Gasteiger partial charge in [0.25, 0.3) is 0 Å². The van der Waals surface area contributed by atoms with Crippen LogP contribution in [0.2, 0.25) is 0 Å². The molecule has 0 radical (unpaired) electrons. The molecule has 33 heavy (non-hydrogen) atoms. The lowest BCUT2D eigenvalue weighted by Gasteiger charge is -2.37. The molecule has 1 N–H and O–H groups in total. The van der Waals surface area contributed by atoms with Crippen molar-refractivity contribution >= 4 is 28.8 Å². The first-order chi connectivity index (χ1) is 15.8. The molecule has 1 aromatic rings. The molecule has 2 atom stereocenters. The summed E-state index contributed by atoms with van der Waals surface area (Å²) >= 11 is 1.48. The second-order valence-corrected chi connectivity index (χ2v) is 9.27. The number of aryl methyl sites for hydroxylation is 2. The number of nitrogens with one attached hydrogen (secondary N) is 1. The van der Waals surface area contributed by atoms with Crippen molar-refractivity contribution in [3.05, 3.63) is 57.3 Å². The predicted octanol–water partition coefficient (Wildman–Crippen LogP) is 4.37. The molecule has 178 valence electrons. The zero-order valence-corrected chi connectivity index (χ0v) is 21.0. The molecule has 7 nitrogen and oxygen atoms in total. The van der Waals surface area contributed by atoms with E-state index in [0.717, 1.165) is 34.0 Å². The van der Waals surface area contributed by atoms with Crippen molar-refractivity contribution in [2.75, 3.05) is 20.3 Å². The number of fused-ring (bicyclic) bond motifs is 1. The van der Waals surface area contributed by atoms with E-state index in [1.54, 1.807) is 7.11 Å². The number of ether oxygens (including phenoxy) is 2. The summed E-state index contributed by atoms with van der Waals surface area (Å²) in [5.41, 5.74) is 5.08. The Morgan fingerprint density at radius 1 is 1.24 bits per heavy atom. The minimum absolute atomic E-state index is 0.0485. The van der Waals surface area contributed by atoms with E-state index in [-0.39, 0.29) is 25.0 Å². The fraction of sp³-hybridized carbons (Fsp3) is 0.480. The highest BCUT2D eigenvalue weighted by Gasteiger charge is 2.41. The minimum Gasteiger partial charge on any atom is -0.460 e. The van der Waals surface area contributed by atoms with Gasteiger partial charge in [-0.1, -0.05) is 42.4 Å². The Balaban J connectivity index is 2.02. The number of rotatable bonds is 9. The molecular formula is C25H33N3O4S. The standard InChI is InChI=1S/C25H33N3O4S/c1-7-17(4)26-21(29)13-19-14-33-25-27-18(5)22(24(30)32-11-10-31-6)23(28(19)25)20-12-15(2)8-9-16(20)3/h8-9,12,14,17,23H,7,10-11,13H2,1-6H3,(H,26,29)/t17-,23+/m0/s1. The van der Waals surface area contributed by atoms with Gasteiger partial charge in [-0.25, -0.2) is 9.79 Å². The number of methoxy groups -OCH3 is 1. The van der Waals surface area contributed by atoms with Crippen LogP contribution in [0, 0.1) is 13.8 Å². The van der Waals surface area contributed by atoms with Crippen LogP contribution >= 0.6 is 11.8 Å². The highest BCUT2D eigenvalue weighted by atomic mass is 32.2. The summed E-state index contributed by atoms with van der Waals surface area (Å²) in [6, 6.07) is 5.88. The molecule has 1 amide bonds. The first-order valence-corrected chi connectivity index (χ1v) is 12.1. The topological polar surface area (TPSA) is 80.2 Å². The van der Waals surface area contributed by atoms with E-state index in [1.165, 1.54) is 11.8 Å². The summed E-state index contributed by atoms with van der Waals surface area (Å²) in [5, 5.41) is 5.75. The van der Waals surface area contributed by atoms with Gasteiger partial charge in [0.1, 0.15) is 6.61 Å². The third-order valence-electron chi connectivity index (χ3n) is 5.83. The van der Waals surface area contributed by atoms with Crippen LogP contribution < -0.4 is 5.32 Å². The van der Waals surface area contributed by atoms with Crippen LogP contribution in [0.1, 0.15) is 56.3 Å². The summed E-state index contributed by atoms with van der Waals surface area (Å²) in [5.74, 6) is -0.466. The second kappa shape index (κ2) is 11.0. The molecule has 0 fully saturated rings. The normalized spacial score (nSPS) is 18.5. The molecule has 0 saturated heterocycles. The monoisotopic (exact) mass is 471 g/mol. The fourth-order valence-corrected chi connectivity index (χ4v) is 4.83. The van der Waals surface area contributed by atoms with Crippen LogP contribution in [0.4, 0.5) is 0 Å². The van der Waals surface area contributed by atoms with Crippen LogP contribution in [0.5, 0.6) is 0 Å².